The van der Waals surface area contributed by atoms with Gasteiger partial charge in [-0.15, -0.1) is 0 Å². The van der Waals surface area contributed by atoms with Crippen molar-refractivity contribution in [1.82, 2.24) is 15.5 Å². The van der Waals surface area contributed by atoms with Crippen LogP contribution in [0.25, 0.3) is 22.0 Å². The second kappa shape index (κ2) is 7.59. The summed E-state index contributed by atoms with van der Waals surface area (Å²) >= 11 is 0. The number of aryl methyl sites for hydroxylation is 1. The van der Waals surface area contributed by atoms with Crippen LogP contribution >= 0.6 is 0 Å². The molecule has 4 aromatic rings. The molecule has 3 aromatic carbocycles. The number of H-pyrrole nitrogens is 1. The number of aromatic amines is 1. The van der Waals surface area contributed by atoms with E-state index in [1.54, 1.807) is 0 Å². The zero-order valence-corrected chi connectivity index (χ0v) is 16.5. The van der Waals surface area contributed by atoms with Crippen molar-refractivity contribution in [3.05, 3.63) is 95.0 Å². The Labute approximate surface area is 174 Å². The van der Waals surface area contributed by atoms with Gasteiger partial charge in [-0.05, 0) is 29.5 Å². The molecule has 1 aliphatic carbocycles. The number of aromatic nitrogens is 2. The van der Waals surface area contributed by atoms with Crippen LogP contribution in [0.15, 0.2) is 72.8 Å². The summed E-state index contributed by atoms with van der Waals surface area (Å²) in [6.07, 6.45) is 2.33. The lowest BCUT2D eigenvalue weighted by atomic mass is 10.0. The van der Waals surface area contributed by atoms with Gasteiger partial charge in [0, 0.05) is 16.3 Å². The molecule has 1 aromatic heterocycles. The van der Waals surface area contributed by atoms with Crippen molar-refractivity contribution < 1.29 is 4.79 Å². The van der Waals surface area contributed by atoms with E-state index in [0.29, 0.717) is 11.9 Å². The number of benzene rings is 3. The third-order valence-electron chi connectivity index (χ3n) is 5.79. The number of carbonyl (C=O) groups is 1. The zero-order valence-electron chi connectivity index (χ0n) is 16.5. The standard InChI is InChI=1S/C25H22N4O/c26-25-21-8-4-3-7-20(21)24(28-29-25)18-11-9-16(10-12-18)15-23(30)27-22-14-13-17-5-1-2-6-19(17)22/h1-12,22H,13-15H2,(H2,26,29)(H,27,30)/t22-/m0/s1. The highest BCUT2D eigenvalue weighted by molar-refractivity contribution is 5.93. The number of rotatable bonds is 4. The summed E-state index contributed by atoms with van der Waals surface area (Å²) in [7, 11) is 0. The van der Waals surface area contributed by atoms with Gasteiger partial charge in [-0.1, -0.05) is 72.8 Å². The monoisotopic (exact) mass is 394 g/mol. The van der Waals surface area contributed by atoms with E-state index in [0.717, 1.165) is 40.4 Å². The lowest BCUT2D eigenvalue weighted by Crippen LogP contribution is -2.28. The average molecular weight is 394 g/mol. The van der Waals surface area contributed by atoms with Gasteiger partial charge in [-0.2, -0.15) is 5.10 Å². The first-order valence-electron chi connectivity index (χ1n) is 10.2. The fraction of sp³-hybridized carbons (Fsp3) is 0.160. The number of nitrogens with zero attached hydrogens (tertiary/aromatic N) is 1. The second-order valence-electron chi connectivity index (χ2n) is 7.72. The van der Waals surface area contributed by atoms with Gasteiger partial charge >= 0.3 is 0 Å². The van der Waals surface area contributed by atoms with Crippen LogP contribution in [0.1, 0.15) is 29.2 Å². The van der Waals surface area contributed by atoms with Crippen molar-refractivity contribution in [2.24, 2.45) is 0 Å². The number of carbonyl (C=O) groups excluding carboxylic acids is 1. The Kier molecular flexibility index (Phi) is 4.64. The molecular weight excluding hydrogens is 372 g/mol. The summed E-state index contributed by atoms with van der Waals surface area (Å²) in [5.74, 6) is 0.0416. The summed E-state index contributed by atoms with van der Waals surface area (Å²) in [6.45, 7) is 0. The maximum absolute atomic E-state index is 12.6. The van der Waals surface area contributed by atoms with Gasteiger partial charge in [0.15, 0.2) is 0 Å². The Bertz CT molecular complexity index is 1290. The lowest BCUT2D eigenvalue weighted by Gasteiger charge is -2.14. The Balaban J connectivity index is 1.32. The van der Waals surface area contributed by atoms with Crippen LogP contribution in [-0.4, -0.2) is 16.1 Å². The van der Waals surface area contributed by atoms with E-state index in [1.807, 2.05) is 54.6 Å². The van der Waals surface area contributed by atoms with Crippen molar-refractivity contribution in [3.8, 4) is 11.3 Å². The Hall–Kier alpha value is -3.73. The predicted octanol–water partition coefficient (Wildman–Crippen LogP) is 4.06. The largest absolute Gasteiger partial charge is 0.349 e. The van der Waals surface area contributed by atoms with Crippen LogP contribution in [-0.2, 0) is 17.6 Å². The number of hydrogen-bond donors (Lipinski definition) is 3. The van der Waals surface area contributed by atoms with Gasteiger partial charge in [0.25, 0.3) is 0 Å². The molecule has 5 nitrogen and oxygen atoms in total. The molecule has 0 aliphatic heterocycles. The lowest BCUT2D eigenvalue weighted by molar-refractivity contribution is -0.121. The molecule has 30 heavy (non-hydrogen) atoms. The van der Waals surface area contributed by atoms with Crippen molar-refractivity contribution in [1.29, 1.82) is 5.41 Å². The molecule has 0 spiro atoms. The third kappa shape index (κ3) is 3.39. The predicted molar refractivity (Wildman–Crippen MR) is 117 cm³/mol. The van der Waals surface area contributed by atoms with E-state index in [1.165, 1.54) is 11.1 Å². The highest BCUT2D eigenvalue weighted by Gasteiger charge is 2.23. The fourth-order valence-corrected chi connectivity index (χ4v) is 4.28. The average Bonchev–Trinajstić information content (AvgIpc) is 3.18. The molecule has 1 atom stereocenters. The minimum absolute atomic E-state index is 0.0416. The molecule has 0 saturated carbocycles. The molecular formula is C25H22N4O. The van der Waals surface area contributed by atoms with E-state index in [9.17, 15) is 4.79 Å². The zero-order chi connectivity index (χ0) is 20.5. The quantitative estimate of drug-likeness (QED) is 0.488. The van der Waals surface area contributed by atoms with Crippen LogP contribution in [0.2, 0.25) is 0 Å². The number of hydrogen-bond acceptors (Lipinski definition) is 3. The number of nitrogens with one attached hydrogen (secondary N) is 3. The fourth-order valence-electron chi connectivity index (χ4n) is 4.28. The van der Waals surface area contributed by atoms with Gasteiger partial charge in [-0.25, -0.2) is 0 Å². The normalized spacial score (nSPS) is 15.1. The van der Waals surface area contributed by atoms with Crippen molar-refractivity contribution >= 4 is 16.7 Å². The van der Waals surface area contributed by atoms with Crippen LogP contribution in [0.3, 0.4) is 0 Å². The maximum atomic E-state index is 12.6. The second-order valence-corrected chi connectivity index (χ2v) is 7.72. The summed E-state index contributed by atoms with van der Waals surface area (Å²) in [6, 6.07) is 24.1. The van der Waals surface area contributed by atoms with Gasteiger partial charge in [0.05, 0.1) is 18.2 Å². The van der Waals surface area contributed by atoms with Gasteiger partial charge in [0.1, 0.15) is 5.49 Å². The van der Waals surface area contributed by atoms with Crippen molar-refractivity contribution in [2.75, 3.05) is 0 Å². The molecule has 1 amide bonds. The van der Waals surface area contributed by atoms with E-state index in [4.69, 9.17) is 5.41 Å². The van der Waals surface area contributed by atoms with Crippen molar-refractivity contribution in [3.63, 3.8) is 0 Å². The van der Waals surface area contributed by atoms with Crippen LogP contribution in [0, 0.1) is 5.41 Å². The summed E-state index contributed by atoms with van der Waals surface area (Å²) in [5, 5.41) is 20.1. The molecule has 0 radical (unpaired) electrons. The van der Waals surface area contributed by atoms with E-state index in [-0.39, 0.29) is 11.9 Å². The van der Waals surface area contributed by atoms with Gasteiger partial charge in [0.2, 0.25) is 5.91 Å². The Morgan fingerprint density at radius 1 is 1.00 bits per heavy atom. The molecule has 5 heteroatoms. The minimum Gasteiger partial charge on any atom is -0.349 e. The maximum Gasteiger partial charge on any atom is 0.224 e. The molecule has 0 saturated heterocycles. The first-order chi connectivity index (χ1) is 14.7. The molecule has 0 fully saturated rings. The van der Waals surface area contributed by atoms with E-state index < -0.39 is 0 Å². The SMILES string of the molecule is N=c1[nH]nc(-c2ccc(CC(=O)N[C@H]3CCc4ccccc43)cc2)c2ccccc12. The number of amides is 1. The van der Waals surface area contributed by atoms with Gasteiger partial charge in [-0.3, -0.25) is 15.3 Å². The highest BCUT2D eigenvalue weighted by atomic mass is 16.1. The molecule has 3 N–H and O–H groups in total. The van der Waals surface area contributed by atoms with Crippen LogP contribution in [0.4, 0.5) is 0 Å². The summed E-state index contributed by atoms with van der Waals surface area (Å²) in [5.41, 5.74) is 5.61. The van der Waals surface area contributed by atoms with E-state index in [2.05, 4.69) is 33.7 Å². The van der Waals surface area contributed by atoms with Gasteiger partial charge < -0.3 is 5.32 Å². The number of fused-ring (bicyclic) bond motifs is 2. The smallest absolute Gasteiger partial charge is 0.224 e. The van der Waals surface area contributed by atoms with Crippen LogP contribution < -0.4 is 10.8 Å². The first kappa shape index (κ1) is 18.3. The molecule has 1 heterocycles. The molecule has 0 unspecified atom stereocenters. The van der Waals surface area contributed by atoms with Crippen molar-refractivity contribution in [2.45, 2.75) is 25.3 Å². The topological polar surface area (TPSA) is 81.6 Å². The van der Waals surface area contributed by atoms with E-state index >= 15 is 0 Å². The highest BCUT2D eigenvalue weighted by Crippen LogP contribution is 2.30. The van der Waals surface area contributed by atoms with Crippen LogP contribution in [0.5, 0.6) is 0 Å². The Morgan fingerprint density at radius 2 is 1.73 bits per heavy atom. The molecule has 1 aliphatic rings. The summed E-state index contributed by atoms with van der Waals surface area (Å²) < 4.78 is 0. The molecule has 5 rings (SSSR count). The Morgan fingerprint density at radius 3 is 2.57 bits per heavy atom. The minimum atomic E-state index is 0.0416. The molecule has 148 valence electrons. The third-order valence-corrected chi connectivity index (χ3v) is 5.79. The molecule has 0 bridgehead atoms. The summed E-state index contributed by atoms with van der Waals surface area (Å²) in [4.78, 5) is 12.6. The first-order valence-corrected chi connectivity index (χ1v) is 10.2.